The van der Waals surface area contributed by atoms with E-state index in [2.05, 4.69) is 10.3 Å². The standard InChI is InChI=1S/C21H20N2O4S/c1-3-26-20(25)19-14(2)22-21(28-19)23-18(24)13-27-17-11-9-16(10-12-17)15-7-5-4-6-8-15/h4-12H,3,13H2,1-2H3,(H,22,23,24). The fourth-order valence-electron chi connectivity index (χ4n) is 2.51. The molecular weight excluding hydrogens is 376 g/mol. The number of aryl methyl sites for hydroxylation is 1. The monoisotopic (exact) mass is 396 g/mol. The van der Waals surface area contributed by atoms with Crippen molar-refractivity contribution in [2.75, 3.05) is 18.5 Å². The number of hydrogen-bond donors (Lipinski definition) is 1. The number of nitrogens with one attached hydrogen (secondary N) is 1. The summed E-state index contributed by atoms with van der Waals surface area (Å²) in [6, 6.07) is 17.5. The SMILES string of the molecule is CCOC(=O)c1sc(NC(=O)COc2ccc(-c3ccccc3)cc2)nc1C. The fourth-order valence-corrected chi connectivity index (χ4v) is 3.39. The molecule has 28 heavy (non-hydrogen) atoms. The second-order valence-corrected chi connectivity index (χ2v) is 6.88. The van der Waals surface area contributed by atoms with Crippen LogP contribution in [0.4, 0.5) is 5.13 Å². The minimum absolute atomic E-state index is 0.155. The lowest BCUT2D eigenvalue weighted by Crippen LogP contribution is -2.20. The number of aromatic nitrogens is 1. The highest BCUT2D eigenvalue weighted by atomic mass is 32.1. The van der Waals surface area contributed by atoms with Gasteiger partial charge in [-0.25, -0.2) is 9.78 Å². The first-order valence-electron chi connectivity index (χ1n) is 8.79. The van der Waals surface area contributed by atoms with Gasteiger partial charge in [-0.1, -0.05) is 53.8 Å². The summed E-state index contributed by atoms with van der Waals surface area (Å²) in [4.78, 5) is 28.5. The maximum Gasteiger partial charge on any atom is 0.350 e. The Balaban J connectivity index is 1.55. The van der Waals surface area contributed by atoms with Crippen molar-refractivity contribution in [3.8, 4) is 16.9 Å². The van der Waals surface area contributed by atoms with E-state index in [0.29, 0.717) is 21.5 Å². The highest BCUT2D eigenvalue weighted by molar-refractivity contribution is 7.17. The molecule has 3 aromatic rings. The summed E-state index contributed by atoms with van der Waals surface area (Å²) in [6.07, 6.45) is 0. The Hall–Kier alpha value is -3.19. The number of rotatable bonds is 7. The normalized spacial score (nSPS) is 10.4. The lowest BCUT2D eigenvalue weighted by molar-refractivity contribution is -0.118. The molecule has 7 heteroatoms. The van der Waals surface area contributed by atoms with Crippen LogP contribution in [0.15, 0.2) is 54.6 Å². The minimum atomic E-state index is -0.437. The Kier molecular flexibility index (Phi) is 6.39. The molecule has 0 atom stereocenters. The molecule has 1 heterocycles. The molecule has 0 saturated carbocycles. The average molecular weight is 396 g/mol. The van der Waals surface area contributed by atoms with Crippen molar-refractivity contribution in [2.45, 2.75) is 13.8 Å². The maximum atomic E-state index is 12.1. The number of nitrogens with zero attached hydrogens (tertiary/aromatic N) is 1. The summed E-state index contributed by atoms with van der Waals surface area (Å²) >= 11 is 1.08. The molecule has 144 valence electrons. The number of benzene rings is 2. The summed E-state index contributed by atoms with van der Waals surface area (Å²) < 4.78 is 10.5. The molecule has 0 bridgehead atoms. The molecule has 2 aromatic carbocycles. The lowest BCUT2D eigenvalue weighted by atomic mass is 10.1. The smallest absolute Gasteiger partial charge is 0.350 e. The van der Waals surface area contributed by atoms with Gasteiger partial charge in [-0.3, -0.25) is 10.1 Å². The quantitative estimate of drug-likeness (QED) is 0.602. The van der Waals surface area contributed by atoms with Crippen LogP contribution in [0.1, 0.15) is 22.3 Å². The molecule has 0 fully saturated rings. The molecule has 0 unspecified atom stereocenters. The number of hydrogen-bond acceptors (Lipinski definition) is 6. The number of amides is 1. The minimum Gasteiger partial charge on any atom is -0.484 e. The first kappa shape index (κ1) is 19.6. The first-order chi connectivity index (χ1) is 13.6. The van der Waals surface area contributed by atoms with Crippen molar-refractivity contribution in [1.82, 2.24) is 4.98 Å². The van der Waals surface area contributed by atoms with Crippen LogP contribution in [0.2, 0.25) is 0 Å². The summed E-state index contributed by atoms with van der Waals surface area (Å²) in [5.41, 5.74) is 2.71. The topological polar surface area (TPSA) is 77.5 Å². The number of esters is 1. The van der Waals surface area contributed by atoms with Crippen molar-refractivity contribution in [3.05, 3.63) is 65.2 Å². The Morgan fingerprint density at radius 1 is 1.04 bits per heavy atom. The van der Waals surface area contributed by atoms with E-state index in [-0.39, 0.29) is 19.1 Å². The van der Waals surface area contributed by atoms with Gasteiger partial charge in [0.05, 0.1) is 12.3 Å². The van der Waals surface area contributed by atoms with Gasteiger partial charge in [0.1, 0.15) is 10.6 Å². The summed E-state index contributed by atoms with van der Waals surface area (Å²) in [6.45, 7) is 3.57. The fraction of sp³-hybridized carbons (Fsp3) is 0.190. The number of anilines is 1. The third-order valence-electron chi connectivity index (χ3n) is 3.84. The van der Waals surface area contributed by atoms with Gasteiger partial charge in [0, 0.05) is 0 Å². The molecule has 6 nitrogen and oxygen atoms in total. The van der Waals surface area contributed by atoms with Crippen molar-refractivity contribution in [2.24, 2.45) is 0 Å². The highest BCUT2D eigenvalue weighted by Gasteiger charge is 2.17. The average Bonchev–Trinajstić information content (AvgIpc) is 3.08. The molecule has 1 amide bonds. The van der Waals surface area contributed by atoms with E-state index in [9.17, 15) is 9.59 Å². The summed E-state index contributed by atoms with van der Waals surface area (Å²) in [7, 11) is 0. The Bertz CT molecular complexity index is 952. The number of thiazole rings is 1. The van der Waals surface area contributed by atoms with E-state index >= 15 is 0 Å². The van der Waals surface area contributed by atoms with Crippen LogP contribution in [0.5, 0.6) is 5.75 Å². The van der Waals surface area contributed by atoms with Gasteiger partial charge < -0.3 is 9.47 Å². The summed E-state index contributed by atoms with van der Waals surface area (Å²) in [5.74, 6) is -0.193. The molecular formula is C21H20N2O4S. The predicted octanol–water partition coefficient (Wildman–Crippen LogP) is 4.31. The van der Waals surface area contributed by atoms with E-state index < -0.39 is 5.97 Å². The van der Waals surface area contributed by atoms with Crippen LogP contribution in [0.3, 0.4) is 0 Å². The number of carbonyl (C=O) groups is 2. The predicted molar refractivity (Wildman–Crippen MR) is 109 cm³/mol. The second-order valence-electron chi connectivity index (χ2n) is 5.88. The zero-order valence-electron chi connectivity index (χ0n) is 15.6. The molecule has 0 saturated heterocycles. The van der Waals surface area contributed by atoms with Gasteiger partial charge in [0.25, 0.3) is 5.91 Å². The zero-order chi connectivity index (χ0) is 19.9. The third kappa shape index (κ3) is 4.95. The van der Waals surface area contributed by atoms with Crippen molar-refractivity contribution < 1.29 is 19.1 Å². The Labute approximate surface area is 167 Å². The van der Waals surface area contributed by atoms with Crippen LogP contribution in [-0.2, 0) is 9.53 Å². The molecule has 0 aliphatic carbocycles. The van der Waals surface area contributed by atoms with Gasteiger partial charge in [0.2, 0.25) is 0 Å². The van der Waals surface area contributed by atoms with Crippen LogP contribution < -0.4 is 10.1 Å². The van der Waals surface area contributed by atoms with Gasteiger partial charge >= 0.3 is 5.97 Å². The van der Waals surface area contributed by atoms with Crippen LogP contribution >= 0.6 is 11.3 Å². The summed E-state index contributed by atoms with van der Waals surface area (Å²) in [5, 5.41) is 2.98. The van der Waals surface area contributed by atoms with Crippen molar-refractivity contribution >= 4 is 28.3 Å². The van der Waals surface area contributed by atoms with E-state index in [1.54, 1.807) is 13.8 Å². The zero-order valence-corrected chi connectivity index (χ0v) is 16.4. The lowest BCUT2D eigenvalue weighted by Gasteiger charge is -2.07. The second kappa shape index (κ2) is 9.14. The van der Waals surface area contributed by atoms with Crippen molar-refractivity contribution in [3.63, 3.8) is 0 Å². The molecule has 1 N–H and O–H groups in total. The van der Waals surface area contributed by atoms with Crippen LogP contribution in [0, 0.1) is 6.92 Å². The Morgan fingerprint density at radius 2 is 1.71 bits per heavy atom. The number of carbonyl (C=O) groups excluding carboxylic acids is 2. The van der Waals surface area contributed by atoms with E-state index in [1.807, 2.05) is 54.6 Å². The maximum absolute atomic E-state index is 12.1. The van der Waals surface area contributed by atoms with E-state index in [4.69, 9.17) is 9.47 Å². The highest BCUT2D eigenvalue weighted by Crippen LogP contribution is 2.24. The van der Waals surface area contributed by atoms with Gasteiger partial charge in [0.15, 0.2) is 11.7 Å². The van der Waals surface area contributed by atoms with Gasteiger partial charge in [-0.05, 0) is 37.1 Å². The molecule has 0 aliphatic heterocycles. The Morgan fingerprint density at radius 3 is 2.39 bits per heavy atom. The largest absolute Gasteiger partial charge is 0.484 e. The van der Waals surface area contributed by atoms with Crippen LogP contribution in [0.25, 0.3) is 11.1 Å². The molecule has 0 radical (unpaired) electrons. The molecule has 0 aliphatic rings. The van der Waals surface area contributed by atoms with Crippen molar-refractivity contribution in [1.29, 1.82) is 0 Å². The number of ether oxygens (including phenoxy) is 2. The first-order valence-corrected chi connectivity index (χ1v) is 9.61. The van der Waals surface area contributed by atoms with Gasteiger partial charge in [-0.15, -0.1) is 0 Å². The van der Waals surface area contributed by atoms with E-state index in [0.717, 1.165) is 22.5 Å². The molecule has 1 aromatic heterocycles. The molecule has 3 rings (SSSR count). The molecule has 0 spiro atoms. The van der Waals surface area contributed by atoms with E-state index in [1.165, 1.54) is 0 Å². The van der Waals surface area contributed by atoms with Gasteiger partial charge in [-0.2, -0.15) is 0 Å². The third-order valence-corrected chi connectivity index (χ3v) is 4.89. The van der Waals surface area contributed by atoms with Crippen LogP contribution in [-0.4, -0.2) is 30.1 Å².